The molecule has 1 aromatic heterocycles. The highest BCUT2D eigenvalue weighted by molar-refractivity contribution is 7.89. The molecule has 10 heteroatoms. The smallest absolute Gasteiger partial charge is 0.267 e. The summed E-state index contributed by atoms with van der Waals surface area (Å²) in [6.45, 7) is 10.6. The maximum absolute atomic E-state index is 13.0. The summed E-state index contributed by atoms with van der Waals surface area (Å²) in [4.78, 5) is 18.1. The first-order valence-corrected chi connectivity index (χ1v) is 13.3. The number of benzene rings is 1. The van der Waals surface area contributed by atoms with Crippen LogP contribution >= 0.6 is 11.3 Å². The first-order chi connectivity index (χ1) is 15.4. The van der Waals surface area contributed by atoms with E-state index in [0.717, 1.165) is 55.3 Å². The van der Waals surface area contributed by atoms with Gasteiger partial charge in [-0.15, -0.1) is 11.3 Å². The average Bonchev–Trinajstić information content (AvgIpc) is 3.32. The van der Waals surface area contributed by atoms with E-state index in [1.54, 1.807) is 5.38 Å². The lowest BCUT2D eigenvalue weighted by molar-refractivity contribution is 0.0730. The van der Waals surface area contributed by atoms with Crippen molar-refractivity contribution < 1.29 is 17.9 Å². The Morgan fingerprint density at radius 3 is 2.47 bits per heavy atom. The molecule has 3 heterocycles. The maximum atomic E-state index is 13.0. The van der Waals surface area contributed by atoms with Gasteiger partial charge >= 0.3 is 0 Å². The zero-order valence-electron chi connectivity index (χ0n) is 18.5. The van der Waals surface area contributed by atoms with E-state index >= 15 is 0 Å². The van der Waals surface area contributed by atoms with Gasteiger partial charge in [0.2, 0.25) is 10.0 Å². The second-order valence-corrected chi connectivity index (χ2v) is 10.8. The van der Waals surface area contributed by atoms with Crippen molar-refractivity contribution in [2.75, 3.05) is 69.2 Å². The molecule has 0 atom stereocenters. The van der Waals surface area contributed by atoms with E-state index in [1.807, 2.05) is 19.1 Å². The Kier molecular flexibility index (Phi) is 7.16. The second-order valence-electron chi connectivity index (χ2n) is 8.01. The van der Waals surface area contributed by atoms with Gasteiger partial charge in [-0.3, -0.25) is 4.79 Å². The van der Waals surface area contributed by atoms with Crippen molar-refractivity contribution in [3.8, 4) is 0 Å². The maximum Gasteiger partial charge on any atom is 0.267 e. The number of nitrogens with one attached hydrogen (secondary N) is 1. The third-order valence-corrected chi connectivity index (χ3v) is 9.05. The standard InChI is InChI=1S/C22H30N4O4S2/c1-3-24-7-9-25(10-8-24)18-4-5-19(17(2)16-18)23-22(27)21-20(6-15-31-21)32(28,29)26-11-13-30-14-12-26/h4-6,15-16H,3,7-14H2,1-2H3,(H,23,27). The molecule has 2 saturated heterocycles. The molecular weight excluding hydrogens is 448 g/mol. The average molecular weight is 479 g/mol. The Bertz CT molecular complexity index is 1060. The van der Waals surface area contributed by atoms with Gasteiger partial charge in [0.1, 0.15) is 9.77 Å². The summed E-state index contributed by atoms with van der Waals surface area (Å²) >= 11 is 1.14. The van der Waals surface area contributed by atoms with Crippen molar-refractivity contribution in [3.63, 3.8) is 0 Å². The van der Waals surface area contributed by atoms with E-state index in [4.69, 9.17) is 4.74 Å². The van der Waals surface area contributed by atoms with Crippen molar-refractivity contribution in [3.05, 3.63) is 40.1 Å². The van der Waals surface area contributed by atoms with Gasteiger partial charge in [0.05, 0.1) is 13.2 Å². The molecular formula is C22H30N4O4S2. The van der Waals surface area contributed by atoms with E-state index < -0.39 is 15.9 Å². The van der Waals surface area contributed by atoms with E-state index in [0.29, 0.717) is 32.0 Å². The Labute approximate surface area is 193 Å². The van der Waals surface area contributed by atoms with Crippen LogP contribution in [0, 0.1) is 6.92 Å². The van der Waals surface area contributed by atoms with Gasteiger partial charge in [-0.2, -0.15) is 4.31 Å². The lowest BCUT2D eigenvalue weighted by Crippen LogP contribution is -2.46. The molecule has 0 radical (unpaired) electrons. The van der Waals surface area contributed by atoms with E-state index in [2.05, 4.69) is 28.1 Å². The van der Waals surface area contributed by atoms with E-state index in [9.17, 15) is 13.2 Å². The Balaban J connectivity index is 1.48. The minimum absolute atomic E-state index is 0.0602. The molecule has 0 unspecified atom stereocenters. The number of hydrogen-bond donors (Lipinski definition) is 1. The fourth-order valence-electron chi connectivity index (χ4n) is 4.08. The van der Waals surface area contributed by atoms with Crippen LogP contribution in [0.1, 0.15) is 22.2 Å². The fourth-order valence-corrected chi connectivity index (χ4v) is 6.78. The molecule has 0 spiro atoms. The summed E-state index contributed by atoms with van der Waals surface area (Å²) in [5.41, 5.74) is 2.78. The summed E-state index contributed by atoms with van der Waals surface area (Å²) < 4.78 is 32.7. The number of morpholine rings is 1. The lowest BCUT2D eigenvalue weighted by atomic mass is 10.1. The van der Waals surface area contributed by atoms with Crippen LogP contribution in [0.25, 0.3) is 0 Å². The SMILES string of the molecule is CCN1CCN(c2ccc(NC(=O)c3sccc3S(=O)(=O)N3CCOCC3)c(C)c2)CC1. The van der Waals surface area contributed by atoms with Crippen molar-refractivity contribution >= 4 is 38.6 Å². The quantitative estimate of drug-likeness (QED) is 0.687. The Morgan fingerprint density at radius 1 is 1.09 bits per heavy atom. The summed E-state index contributed by atoms with van der Waals surface area (Å²) in [6.07, 6.45) is 0. The van der Waals surface area contributed by atoms with Gasteiger partial charge in [-0.1, -0.05) is 6.92 Å². The van der Waals surface area contributed by atoms with Crippen LogP contribution < -0.4 is 10.2 Å². The largest absolute Gasteiger partial charge is 0.379 e. The highest BCUT2D eigenvalue weighted by atomic mass is 32.2. The topological polar surface area (TPSA) is 82.2 Å². The fraction of sp³-hybridized carbons (Fsp3) is 0.500. The van der Waals surface area contributed by atoms with E-state index in [1.165, 1.54) is 10.4 Å². The Morgan fingerprint density at radius 2 is 1.81 bits per heavy atom. The second kappa shape index (κ2) is 9.88. The van der Waals surface area contributed by atoms with Crippen molar-refractivity contribution in [1.29, 1.82) is 0 Å². The Hall–Kier alpha value is -1.98. The number of carbonyl (C=O) groups is 1. The van der Waals surface area contributed by atoms with Gasteiger partial charge in [-0.25, -0.2) is 8.42 Å². The van der Waals surface area contributed by atoms with Gasteiger partial charge < -0.3 is 19.9 Å². The molecule has 4 rings (SSSR count). The molecule has 1 N–H and O–H groups in total. The summed E-state index contributed by atoms with van der Waals surface area (Å²) in [6, 6.07) is 7.51. The summed E-state index contributed by atoms with van der Waals surface area (Å²) in [7, 11) is -3.73. The number of hydrogen-bond acceptors (Lipinski definition) is 7. The number of anilines is 2. The number of sulfonamides is 1. The molecule has 32 heavy (non-hydrogen) atoms. The first kappa shape index (κ1) is 23.2. The van der Waals surface area contributed by atoms with Gasteiger partial charge in [0, 0.05) is 50.6 Å². The predicted octanol–water partition coefficient (Wildman–Crippen LogP) is 2.47. The minimum atomic E-state index is -3.73. The molecule has 174 valence electrons. The van der Waals surface area contributed by atoms with Crippen molar-refractivity contribution in [1.82, 2.24) is 9.21 Å². The number of aryl methyl sites for hydroxylation is 1. The molecule has 0 saturated carbocycles. The molecule has 1 amide bonds. The number of carbonyl (C=O) groups excluding carboxylic acids is 1. The van der Waals surface area contributed by atoms with Crippen LogP contribution in [0.4, 0.5) is 11.4 Å². The molecule has 0 bridgehead atoms. The normalized spacial score (nSPS) is 18.6. The third kappa shape index (κ3) is 4.84. The zero-order chi connectivity index (χ0) is 22.7. The van der Waals surface area contributed by atoms with Crippen LogP contribution in [0.3, 0.4) is 0 Å². The number of nitrogens with zero attached hydrogens (tertiary/aromatic N) is 3. The van der Waals surface area contributed by atoms with E-state index in [-0.39, 0.29) is 9.77 Å². The molecule has 8 nitrogen and oxygen atoms in total. The van der Waals surface area contributed by atoms with Crippen LogP contribution in [-0.4, -0.2) is 82.6 Å². The first-order valence-electron chi connectivity index (χ1n) is 10.9. The summed E-state index contributed by atoms with van der Waals surface area (Å²) in [5.74, 6) is -0.403. The van der Waals surface area contributed by atoms with Gasteiger partial charge in [0.15, 0.2) is 0 Å². The minimum Gasteiger partial charge on any atom is -0.379 e. The van der Waals surface area contributed by atoms with Crippen LogP contribution in [0.5, 0.6) is 0 Å². The highest BCUT2D eigenvalue weighted by Gasteiger charge is 2.31. The molecule has 2 fully saturated rings. The van der Waals surface area contributed by atoms with Crippen molar-refractivity contribution in [2.24, 2.45) is 0 Å². The number of ether oxygens (including phenoxy) is 1. The number of rotatable bonds is 6. The van der Waals surface area contributed by atoms with Crippen LogP contribution in [0.2, 0.25) is 0 Å². The van der Waals surface area contributed by atoms with Crippen molar-refractivity contribution in [2.45, 2.75) is 18.7 Å². The van der Waals surface area contributed by atoms with Gasteiger partial charge in [-0.05, 0) is 48.7 Å². The number of likely N-dealkylation sites (N-methyl/N-ethyl adjacent to an activating group) is 1. The number of piperazine rings is 1. The number of thiophene rings is 1. The zero-order valence-corrected chi connectivity index (χ0v) is 20.2. The molecule has 1 aromatic carbocycles. The summed E-state index contributed by atoms with van der Waals surface area (Å²) in [5, 5.41) is 4.56. The van der Waals surface area contributed by atoms with Crippen LogP contribution in [0.15, 0.2) is 34.5 Å². The molecule has 0 aliphatic carbocycles. The highest BCUT2D eigenvalue weighted by Crippen LogP contribution is 2.29. The number of amides is 1. The molecule has 2 aliphatic rings. The molecule has 2 aromatic rings. The third-order valence-electron chi connectivity index (χ3n) is 6.07. The van der Waals surface area contributed by atoms with Crippen LogP contribution in [-0.2, 0) is 14.8 Å². The monoisotopic (exact) mass is 478 g/mol. The predicted molar refractivity (Wildman–Crippen MR) is 127 cm³/mol. The molecule has 2 aliphatic heterocycles. The lowest BCUT2D eigenvalue weighted by Gasteiger charge is -2.35. The van der Waals surface area contributed by atoms with Gasteiger partial charge in [0.25, 0.3) is 5.91 Å².